The molecule has 0 unspecified atom stereocenters. The predicted molar refractivity (Wildman–Crippen MR) is 58.6 cm³/mol. The molecule has 1 heterocycles. The van der Waals surface area contributed by atoms with E-state index in [2.05, 4.69) is 15.2 Å². The van der Waals surface area contributed by atoms with Gasteiger partial charge in [-0.1, -0.05) is 0 Å². The van der Waals surface area contributed by atoms with Gasteiger partial charge in [0.2, 0.25) is 0 Å². The van der Waals surface area contributed by atoms with Gasteiger partial charge in [0.1, 0.15) is 5.52 Å². The van der Waals surface area contributed by atoms with Gasteiger partial charge in [-0.25, -0.2) is 9.78 Å². The van der Waals surface area contributed by atoms with Gasteiger partial charge in [0, 0.05) is 19.8 Å². The van der Waals surface area contributed by atoms with Crippen LogP contribution in [0.5, 0.6) is 0 Å². The molecule has 0 aliphatic rings. The maximum absolute atomic E-state index is 10.7. The number of benzene rings is 1. The summed E-state index contributed by atoms with van der Waals surface area (Å²) in [7, 11) is 3.79. The summed E-state index contributed by atoms with van der Waals surface area (Å²) in [6, 6.07) is 5.41. The molecule has 0 saturated carbocycles. The van der Waals surface area contributed by atoms with Gasteiger partial charge in [0.25, 0.3) is 5.82 Å². The number of hydrogen-bond acceptors (Lipinski definition) is 5. The number of carboxylic acid groups (broad SMARTS) is 1. The number of fused-ring (bicyclic) bond motifs is 1. The van der Waals surface area contributed by atoms with Crippen molar-refractivity contribution in [1.82, 2.24) is 15.2 Å². The van der Waals surface area contributed by atoms with E-state index in [0.29, 0.717) is 11.0 Å². The van der Waals surface area contributed by atoms with Gasteiger partial charge in [-0.2, -0.15) is 0 Å². The molecule has 0 spiro atoms. The van der Waals surface area contributed by atoms with Gasteiger partial charge in [-0.3, -0.25) is 0 Å². The van der Waals surface area contributed by atoms with Crippen molar-refractivity contribution in [2.45, 2.75) is 0 Å². The van der Waals surface area contributed by atoms with Gasteiger partial charge in [-0.05, 0) is 18.2 Å². The van der Waals surface area contributed by atoms with Crippen molar-refractivity contribution >= 4 is 22.7 Å². The number of nitrogens with zero attached hydrogens (tertiary/aromatic N) is 4. The lowest BCUT2D eigenvalue weighted by atomic mass is 10.2. The molecule has 1 aromatic heterocycles. The van der Waals surface area contributed by atoms with Crippen LogP contribution in [0.15, 0.2) is 18.2 Å². The first kappa shape index (κ1) is 10.3. The second-order valence-corrected chi connectivity index (χ2v) is 3.51. The second-order valence-electron chi connectivity index (χ2n) is 3.51. The summed E-state index contributed by atoms with van der Waals surface area (Å²) >= 11 is 0. The molecule has 82 valence electrons. The average molecular weight is 218 g/mol. The van der Waals surface area contributed by atoms with E-state index in [-0.39, 0.29) is 5.82 Å². The maximum Gasteiger partial charge on any atom is 0.375 e. The fourth-order valence-electron chi connectivity index (χ4n) is 1.29. The molecule has 0 bridgehead atoms. The lowest BCUT2D eigenvalue weighted by Crippen LogP contribution is -2.09. The molecule has 0 aliphatic heterocycles. The fraction of sp³-hybridized carbons (Fsp3) is 0.200. The van der Waals surface area contributed by atoms with Crippen molar-refractivity contribution in [3.05, 3.63) is 24.0 Å². The molecule has 1 aromatic carbocycles. The Labute approximate surface area is 91.6 Å². The van der Waals surface area contributed by atoms with Gasteiger partial charge in [-0.15, -0.1) is 10.2 Å². The van der Waals surface area contributed by atoms with Crippen molar-refractivity contribution in [2.24, 2.45) is 0 Å². The van der Waals surface area contributed by atoms with Gasteiger partial charge in [0.15, 0.2) is 0 Å². The lowest BCUT2D eigenvalue weighted by molar-refractivity contribution is 0.0682. The summed E-state index contributed by atoms with van der Waals surface area (Å²) in [5.74, 6) is -1.46. The Morgan fingerprint density at radius 2 is 2.00 bits per heavy atom. The topological polar surface area (TPSA) is 79.2 Å². The Morgan fingerprint density at radius 3 is 2.62 bits per heavy atom. The zero-order chi connectivity index (χ0) is 11.7. The number of hydrogen-bond donors (Lipinski definition) is 1. The molecule has 0 aliphatic carbocycles. The number of anilines is 1. The van der Waals surface area contributed by atoms with Gasteiger partial charge < -0.3 is 10.0 Å². The first-order chi connectivity index (χ1) is 7.58. The van der Waals surface area contributed by atoms with E-state index >= 15 is 0 Å². The molecule has 0 atom stereocenters. The summed E-state index contributed by atoms with van der Waals surface area (Å²) in [5.41, 5.74) is 2.04. The minimum absolute atomic E-state index is 0.289. The quantitative estimate of drug-likeness (QED) is 0.802. The van der Waals surface area contributed by atoms with Crippen molar-refractivity contribution in [1.29, 1.82) is 0 Å². The third-order valence-electron chi connectivity index (χ3n) is 2.15. The van der Waals surface area contributed by atoms with E-state index in [9.17, 15) is 4.79 Å². The minimum Gasteiger partial charge on any atom is -0.475 e. The Balaban J connectivity index is 2.61. The largest absolute Gasteiger partial charge is 0.475 e. The van der Waals surface area contributed by atoms with E-state index < -0.39 is 5.97 Å². The highest BCUT2D eigenvalue weighted by Crippen LogP contribution is 2.17. The molecular formula is C10H10N4O2. The molecule has 1 N–H and O–H groups in total. The highest BCUT2D eigenvalue weighted by atomic mass is 16.4. The summed E-state index contributed by atoms with van der Waals surface area (Å²) in [5, 5.41) is 16.0. The van der Waals surface area contributed by atoms with Crippen molar-refractivity contribution < 1.29 is 9.90 Å². The maximum atomic E-state index is 10.7. The van der Waals surface area contributed by atoms with Crippen LogP contribution in [0.25, 0.3) is 11.0 Å². The number of rotatable bonds is 2. The number of aromatic carboxylic acids is 1. The third-order valence-corrected chi connectivity index (χ3v) is 2.15. The van der Waals surface area contributed by atoms with Gasteiger partial charge in [0.05, 0.1) is 5.52 Å². The Kier molecular flexibility index (Phi) is 2.40. The molecule has 2 rings (SSSR count). The molecule has 0 fully saturated rings. The van der Waals surface area contributed by atoms with Crippen LogP contribution in [0.4, 0.5) is 5.69 Å². The van der Waals surface area contributed by atoms with Gasteiger partial charge >= 0.3 is 5.97 Å². The molecule has 2 aromatic rings. The van der Waals surface area contributed by atoms with Crippen LogP contribution in [0.2, 0.25) is 0 Å². The van der Waals surface area contributed by atoms with Crippen molar-refractivity contribution in [2.75, 3.05) is 19.0 Å². The standard InChI is InChI=1S/C10H10N4O2/c1-14(2)6-3-4-7-8(5-6)11-9(10(15)16)13-12-7/h3-5H,1-2H3,(H,15,16). The van der Waals surface area contributed by atoms with Crippen LogP contribution >= 0.6 is 0 Å². The van der Waals surface area contributed by atoms with Crippen LogP contribution < -0.4 is 4.90 Å². The normalized spacial score (nSPS) is 10.4. The highest BCUT2D eigenvalue weighted by molar-refractivity contribution is 5.86. The SMILES string of the molecule is CN(C)c1ccc2nnc(C(=O)O)nc2c1. The van der Waals surface area contributed by atoms with E-state index in [1.807, 2.05) is 25.1 Å². The summed E-state index contributed by atoms with van der Waals surface area (Å²) < 4.78 is 0. The van der Waals surface area contributed by atoms with Crippen molar-refractivity contribution in [3.63, 3.8) is 0 Å². The zero-order valence-electron chi connectivity index (χ0n) is 8.88. The molecule has 0 amide bonds. The molecule has 0 radical (unpaired) electrons. The first-order valence-electron chi connectivity index (χ1n) is 4.63. The minimum atomic E-state index is -1.18. The monoisotopic (exact) mass is 218 g/mol. The average Bonchev–Trinajstić information content (AvgIpc) is 2.27. The summed E-state index contributed by atoms with van der Waals surface area (Å²) in [6.45, 7) is 0. The summed E-state index contributed by atoms with van der Waals surface area (Å²) in [4.78, 5) is 16.5. The molecule has 0 saturated heterocycles. The Morgan fingerprint density at radius 1 is 1.25 bits per heavy atom. The van der Waals surface area contributed by atoms with Crippen LogP contribution in [-0.4, -0.2) is 40.4 Å². The number of carbonyl (C=O) groups is 1. The number of carboxylic acids is 1. The van der Waals surface area contributed by atoms with E-state index in [0.717, 1.165) is 5.69 Å². The summed E-state index contributed by atoms with van der Waals surface area (Å²) in [6.07, 6.45) is 0. The molecule has 6 heteroatoms. The smallest absolute Gasteiger partial charge is 0.375 e. The first-order valence-corrected chi connectivity index (χ1v) is 4.63. The predicted octanol–water partition coefficient (Wildman–Crippen LogP) is 0.789. The molecule has 16 heavy (non-hydrogen) atoms. The lowest BCUT2D eigenvalue weighted by Gasteiger charge is -2.12. The van der Waals surface area contributed by atoms with Crippen molar-refractivity contribution in [3.8, 4) is 0 Å². The van der Waals surface area contributed by atoms with Crippen LogP contribution in [-0.2, 0) is 0 Å². The Bertz CT molecular complexity index is 554. The van der Waals surface area contributed by atoms with Crippen LogP contribution in [0.3, 0.4) is 0 Å². The number of aromatic nitrogens is 3. The highest BCUT2D eigenvalue weighted by Gasteiger charge is 2.09. The Hall–Kier alpha value is -2.24. The van der Waals surface area contributed by atoms with E-state index in [1.165, 1.54) is 0 Å². The molecular weight excluding hydrogens is 208 g/mol. The van der Waals surface area contributed by atoms with E-state index in [4.69, 9.17) is 5.11 Å². The van der Waals surface area contributed by atoms with E-state index in [1.54, 1.807) is 12.1 Å². The second kappa shape index (κ2) is 3.73. The zero-order valence-corrected chi connectivity index (χ0v) is 8.88. The van der Waals surface area contributed by atoms with Crippen LogP contribution in [0.1, 0.15) is 10.6 Å². The fourth-order valence-corrected chi connectivity index (χ4v) is 1.29. The molecule has 6 nitrogen and oxygen atoms in total. The van der Waals surface area contributed by atoms with Crippen LogP contribution in [0, 0.1) is 0 Å². The third kappa shape index (κ3) is 1.77.